The lowest BCUT2D eigenvalue weighted by atomic mass is 10.2. The second-order valence-electron chi connectivity index (χ2n) is 4.75. The van der Waals surface area contributed by atoms with Gasteiger partial charge in [-0.05, 0) is 24.3 Å². The fourth-order valence-electron chi connectivity index (χ4n) is 2.11. The minimum Gasteiger partial charge on any atom is -0.459 e. The van der Waals surface area contributed by atoms with E-state index in [0.717, 1.165) is 11.2 Å². The number of aryl methyl sites for hydroxylation is 1. The molecule has 0 unspecified atom stereocenters. The summed E-state index contributed by atoms with van der Waals surface area (Å²) in [6, 6.07) is 6.84. The number of nitrogens with two attached hydrogens (primary N) is 1. The van der Waals surface area contributed by atoms with Crippen LogP contribution in [0.5, 0.6) is 0 Å². The summed E-state index contributed by atoms with van der Waals surface area (Å²) in [6.45, 7) is 0.253. The number of carbonyl (C=O) groups excluding carboxylic acids is 1. The first-order chi connectivity index (χ1) is 10.1. The van der Waals surface area contributed by atoms with Crippen molar-refractivity contribution in [1.29, 1.82) is 0 Å². The number of carbonyl (C=O) groups is 1. The summed E-state index contributed by atoms with van der Waals surface area (Å²) in [7, 11) is 1.90. The molecular formula is C15H15N3O3. The summed E-state index contributed by atoms with van der Waals surface area (Å²) in [5, 5.41) is 0.783. The summed E-state index contributed by atoms with van der Waals surface area (Å²) in [5.74, 6) is 0.551. The topological polar surface area (TPSA) is 83.3 Å². The number of nitrogens with zero attached hydrogens (tertiary/aromatic N) is 2. The number of hydrogen-bond donors (Lipinski definition) is 1. The molecule has 0 aliphatic carbocycles. The predicted molar refractivity (Wildman–Crippen MR) is 77.8 cm³/mol. The molecule has 3 aromatic rings. The van der Waals surface area contributed by atoms with E-state index in [-0.39, 0.29) is 12.4 Å². The van der Waals surface area contributed by atoms with E-state index < -0.39 is 5.97 Å². The van der Waals surface area contributed by atoms with E-state index in [1.807, 2.05) is 17.8 Å². The highest BCUT2D eigenvalue weighted by atomic mass is 16.5. The lowest BCUT2D eigenvalue weighted by molar-refractivity contribution is 0.0473. The Labute approximate surface area is 121 Å². The average Bonchev–Trinajstić information content (AvgIpc) is 3.05. The summed E-state index contributed by atoms with van der Waals surface area (Å²) in [4.78, 5) is 16.1. The van der Waals surface area contributed by atoms with Gasteiger partial charge in [-0.1, -0.05) is 0 Å². The van der Waals surface area contributed by atoms with Crippen molar-refractivity contribution < 1.29 is 13.9 Å². The first-order valence-corrected chi connectivity index (χ1v) is 6.56. The van der Waals surface area contributed by atoms with E-state index in [2.05, 4.69) is 4.98 Å². The molecule has 0 spiro atoms. The molecule has 1 aromatic carbocycles. The smallest absolute Gasteiger partial charge is 0.374 e. The molecule has 0 aliphatic rings. The van der Waals surface area contributed by atoms with Crippen molar-refractivity contribution in [1.82, 2.24) is 9.55 Å². The first kappa shape index (κ1) is 13.2. The Morgan fingerprint density at radius 2 is 2.29 bits per heavy atom. The van der Waals surface area contributed by atoms with Gasteiger partial charge in [0.1, 0.15) is 11.4 Å². The van der Waals surface area contributed by atoms with Gasteiger partial charge in [-0.25, -0.2) is 9.78 Å². The fraction of sp³-hybridized carbons (Fsp3) is 0.200. The van der Waals surface area contributed by atoms with E-state index in [1.54, 1.807) is 30.5 Å². The highest BCUT2D eigenvalue weighted by Gasteiger charge is 2.14. The van der Waals surface area contributed by atoms with Gasteiger partial charge in [0.2, 0.25) is 5.76 Å². The van der Waals surface area contributed by atoms with E-state index in [0.29, 0.717) is 17.7 Å². The van der Waals surface area contributed by atoms with Crippen molar-refractivity contribution in [2.24, 2.45) is 7.05 Å². The minimum atomic E-state index is -0.487. The van der Waals surface area contributed by atoms with Crippen molar-refractivity contribution in [3.8, 4) is 0 Å². The molecular weight excluding hydrogens is 270 g/mol. The van der Waals surface area contributed by atoms with Gasteiger partial charge < -0.3 is 19.5 Å². The molecule has 0 fully saturated rings. The van der Waals surface area contributed by atoms with Gasteiger partial charge in [0.25, 0.3) is 0 Å². The SMILES string of the molecule is Cn1ccnc1CCOC(=O)c1cc2cc(N)ccc2o1. The summed E-state index contributed by atoms with van der Waals surface area (Å²) >= 11 is 0. The normalized spacial score (nSPS) is 10.9. The number of ether oxygens (including phenoxy) is 1. The number of rotatable bonds is 4. The zero-order chi connectivity index (χ0) is 14.8. The molecule has 6 heteroatoms. The van der Waals surface area contributed by atoms with Crippen LogP contribution in [0, 0.1) is 0 Å². The first-order valence-electron chi connectivity index (χ1n) is 6.56. The van der Waals surface area contributed by atoms with Gasteiger partial charge in [-0.3, -0.25) is 0 Å². The van der Waals surface area contributed by atoms with E-state index in [1.165, 1.54) is 0 Å². The van der Waals surface area contributed by atoms with Crippen LogP contribution in [0.1, 0.15) is 16.4 Å². The summed E-state index contributed by atoms with van der Waals surface area (Å²) in [6.07, 6.45) is 4.12. The van der Waals surface area contributed by atoms with E-state index in [4.69, 9.17) is 14.9 Å². The number of fused-ring (bicyclic) bond motifs is 1. The molecule has 3 rings (SSSR count). The molecule has 2 aromatic heterocycles. The zero-order valence-corrected chi connectivity index (χ0v) is 11.6. The largest absolute Gasteiger partial charge is 0.459 e. The maximum atomic E-state index is 11.9. The van der Waals surface area contributed by atoms with Crippen molar-refractivity contribution in [3.05, 3.63) is 48.2 Å². The molecule has 0 radical (unpaired) electrons. The number of anilines is 1. The molecule has 6 nitrogen and oxygen atoms in total. The van der Waals surface area contributed by atoms with Crippen LogP contribution in [0.2, 0.25) is 0 Å². The van der Waals surface area contributed by atoms with Gasteiger partial charge in [0.05, 0.1) is 6.61 Å². The Bertz CT molecular complexity index is 788. The summed E-state index contributed by atoms with van der Waals surface area (Å²) in [5.41, 5.74) is 6.93. The average molecular weight is 285 g/mol. The van der Waals surface area contributed by atoms with Crippen molar-refractivity contribution in [2.75, 3.05) is 12.3 Å². The van der Waals surface area contributed by atoms with Crippen molar-refractivity contribution >= 4 is 22.6 Å². The van der Waals surface area contributed by atoms with E-state index >= 15 is 0 Å². The third-order valence-corrected chi connectivity index (χ3v) is 3.22. The number of hydrogen-bond acceptors (Lipinski definition) is 5. The third kappa shape index (κ3) is 2.74. The molecule has 0 atom stereocenters. The standard InChI is InChI=1S/C15H15N3O3/c1-18-6-5-17-14(18)4-7-20-15(19)13-9-10-8-11(16)2-3-12(10)21-13/h2-3,5-6,8-9H,4,7,16H2,1H3. The quantitative estimate of drug-likeness (QED) is 0.586. The number of nitrogen functional groups attached to an aromatic ring is 1. The second-order valence-corrected chi connectivity index (χ2v) is 4.75. The minimum absolute atomic E-state index is 0.176. The number of imidazole rings is 1. The molecule has 108 valence electrons. The van der Waals surface area contributed by atoms with Gasteiger partial charge >= 0.3 is 5.97 Å². The Balaban J connectivity index is 1.65. The van der Waals surface area contributed by atoms with Gasteiger partial charge in [-0.15, -0.1) is 0 Å². The number of esters is 1. The van der Waals surface area contributed by atoms with Gasteiger partial charge in [-0.2, -0.15) is 0 Å². The highest BCUT2D eigenvalue weighted by molar-refractivity contribution is 5.93. The Hall–Kier alpha value is -2.76. The number of aromatic nitrogens is 2. The number of benzene rings is 1. The van der Waals surface area contributed by atoms with Crippen molar-refractivity contribution in [3.63, 3.8) is 0 Å². The third-order valence-electron chi connectivity index (χ3n) is 3.22. The van der Waals surface area contributed by atoms with Crippen molar-refractivity contribution in [2.45, 2.75) is 6.42 Å². The molecule has 0 amide bonds. The monoisotopic (exact) mass is 285 g/mol. The highest BCUT2D eigenvalue weighted by Crippen LogP contribution is 2.22. The maximum absolute atomic E-state index is 11.9. The molecule has 0 aliphatic heterocycles. The second kappa shape index (κ2) is 5.32. The van der Waals surface area contributed by atoms with Crippen LogP contribution in [0.3, 0.4) is 0 Å². The Kier molecular flexibility index (Phi) is 3.35. The van der Waals surface area contributed by atoms with E-state index in [9.17, 15) is 4.79 Å². The maximum Gasteiger partial charge on any atom is 0.374 e. The molecule has 2 heterocycles. The molecule has 0 saturated heterocycles. The fourth-order valence-corrected chi connectivity index (χ4v) is 2.11. The van der Waals surface area contributed by atoms with Crippen LogP contribution < -0.4 is 5.73 Å². The van der Waals surface area contributed by atoms with Crippen LogP contribution >= 0.6 is 0 Å². The lowest BCUT2D eigenvalue weighted by Crippen LogP contribution is -2.09. The molecule has 21 heavy (non-hydrogen) atoms. The van der Waals surface area contributed by atoms with Gasteiger partial charge in [0.15, 0.2) is 0 Å². The van der Waals surface area contributed by atoms with Crippen LogP contribution in [0.25, 0.3) is 11.0 Å². The van der Waals surface area contributed by atoms with Crippen LogP contribution in [-0.4, -0.2) is 22.1 Å². The Morgan fingerprint density at radius 3 is 3.05 bits per heavy atom. The van der Waals surface area contributed by atoms with Crippen LogP contribution in [0.4, 0.5) is 5.69 Å². The predicted octanol–water partition coefficient (Wildman–Crippen LogP) is 2.15. The number of furan rings is 1. The molecule has 0 bridgehead atoms. The van der Waals surface area contributed by atoms with Gasteiger partial charge in [0, 0.05) is 36.9 Å². The summed E-state index contributed by atoms with van der Waals surface area (Å²) < 4.78 is 12.5. The molecule has 2 N–H and O–H groups in total. The lowest BCUT2D eigenvalue weighted by Gasteiger charge is -2.03. The van der Waals surface area contributed by atoms with Crippen LogP contribution in [-0.2, 0) is 18.2 Å². The zero-order valence-electron chi connectivity index (χ0n) is 11.6. The Morgan fingerprint density at radius 1 is 1.43 bits per heavy atom. The van der Waals surface area contributed by atoms with Crippen LogP contribution in [0.15, 0.2) is 41.1 Å². The molecule has 0 saturated carbocycles.